The molecule has 0 spiro atoms. The maximum atomic E-state index is 13.0. The molecule has 0 saturated heterocycles. The minimum absolute atomic E-state index is 0.104. The quantitative estimate of drug-likeness (QED) is 0.0222. The molecule has 17 nitrogen and oxygen atoms in total. The summed E-state index contributed by atoms with van der Waals surface area (Å²) < 4.78 is 68.1. The molecule has 0 heterocycles. The van der Waals surface area contributed by atoms with E-state index in [2.05, 4.69) is 41.5 Å². The van der Waals surface area contributed by atoms with Gasteiger partial charge in [0.25, 0.3) is 0 Å². The van der Waals surface area contributed by atoms with Crippen LogP contribution in [0, 0.1) is 11.8 Å². The topological polar surface area (TPSA) is 237 Å². The second-order valence-corrected chi connectivity index (χ2v) is 29.8. The van der Waals surface area contributed by atoms with Gasteiger partial charge in [-0.25, -0.2) is 9.13 Å². The molecule has 0 aromatic rings. The van der Waals surface area contributed by atoms with Crippen LogP contribution in [0.5, 0.6) is 0 Å². The highest BCUT2D eigenvalue weighted by Gasteiger charge is 2.30. The van der Waals surface area contributed by atoms with E-state index >= 15 is 0 Å². The summed E-state index contributed by atoms with van der Waals surface area (Å²) in [7, 11) is -9.89. The van der Waals surface area contributed by atoms with Crippen LogP contribution >= 0.6 is 15.6 Å². The predicted octanol–water partition coefficient (Wildman–Crippen LogP) is 20.8. The Bertz CT molecular complexity index is 1770. The van der Waals surface area contributed by atoms with Crippen molar-refractivity contribution >= 4 is 39.5 Å². The number of rotatable bonds is 71. The molecule has 0 aliphatic carbocycles. The van der Waals surface area contributed by atoms with Crippen LogP contribution in [0.1, 0.15) is 369 Å². The second kappa shape index (κ2) is 64.1. The van der Waals surface area contributed by atoms with Crippen molar-refractivity contribution in [3.05, 3.63) is 0 Å². The van der Waals surface area contributed by atoms with Gasteiger partial charge in [-0.15, -0.1) is 0 Å². The number of hydrogen-bond donors (Lipinski definition) is 3. The first-order valence-electron chi connectivity index (χ1n) is 37.5. The van der Waals surface area contributed by atoms with Crippen molar-refractivity contribution in [3.8, 4) is 0 Å². The van der Waals surface area contributed by atoms with Crippen molar-refractivity contribution in [3.63, 3.8) is 0 Å². The van der Waals surface area contributed by atoms with Gasteiger partial charge in [0, 0.05) is 25.7 Å². The molecule has 2 unspecified atom stereocenters. The Morgan fingerprint density at radius 2 is 0.505 bits per heavy atom. The average molecular weight is 1340 g/mol. The third kappa shape index (κ3) is 66.5. The lowest BCUT2D eigenvalue weighted by atomic mass is 10.0. The Hall–Kier alpha value is -1.94. The molecule has 0 aliphatic heterocycles. The first-order chi connectivity index (χ1) is 43.9. The van der Waals surface area contributed by atoms with E-state index in [1.165, 1.54) is 180 Å². The van der Waals surface area contributed by atoms with Gasteiger partial charge >= 0.3 is 39.5 Å². The van der Waals surface area contributed by atoms with Crippen LogP contribution in [0.3, 0.4) is 0 Å². The molecule has 0 saturated carbocycles. The molecular formula is C72H140O17P2. The highest BCUT2D eigenvalue weighted by Crippen LogP contribution is 2.45. The molecule has 0 aromatic carbocycles. The molecule has 0 bridgehead atoms. The lowest BCUT2D eigenvalue weighted by Crippen LogP contribution is -2.30. The largest absolute Gasteiger partial charge is 0.472 e. The van der Waals surface area contributed by atoms with Crippen LogP contribution < -0.4 is 0 Å². The summed E-state index contributed by atoms with van der Waals surface area (Å²) in [6, 6.07) is 0. The number of carbonyl (C=O) groups is 4. The van der Waals surface area contributed by atoms with Crippen LogP contribution in [0.25, 0.3) is 0 Å². The van der Waals surface area contributed by atoms with Crippen molar-refractivity contribution in [1.82, 2.24) is 0 Å². The molecule has 3 N–H and O–H groups in total. The summed E-state index contributed by atoms with van der Waals surface area (Å²) in [5.74, 6) is -0.624. The van der Waals surface area contributed by atoms with E-state index in [1.807, 2.05) is 0 Å². The lowest BCUT2D eigenvalue weighted by Gasteiger charge is -2.21. The highest BCUT2D eigenvalue weighted by atomic mass is 31.2. The van der Waals surface area contributed by atoms with Gasteiger partial charge in [-0.3, -0.25) is 37.3 Å². The Morgan fingerprint density at radius 3 is 0.747 bits per heavy atom. The number of phosphoric ester groups is 2. The molecular weight excluding hydrogens is 1200 g/mol. The number of ether oxygens (including phenoxy) is 4. The van der Waals surface area contributed by atoms with Gasteiger partial charge in [-0.1, -0.05) is 318 Å². The zero-order chi connectivity index (χ0) is 67.2. The molecule has 0 aromatic heterocycles. The fraction of sp³-hybridized carbons (Fsp3) is 0.944. The van der Waals surface area contributed by atoms with Crippen LogP contribution in [-0.4, -0.2) is 96.7 Å². The zero-order valence-corrected chi connectivity index (χ0v) is 60.9. The van der Waals surface area contributed by atoms with Gasteiger partial charge in [-0.2, -0.15) is 0 Å². The van der Waals surface area contributed by atoms with Gasteiger partial charge in [-0.05, 0) is 37.5 Å². The van der Waals surface area contributed by atoms with E-state index in [1.54, 1.807) is 0 Å². The van der Waals surface area contributed by atoms with E-state index < -0.39 is 97.5 Å². The lowest BCUT2D eigenvalue weighted by molar-refractivity contribution is -0.161. The molecule has 0 aliphatic rings. The predicted molar refractivity (Wildman–Crippen MR) is 368 cm³/mol. The molecule has 0 radical (unpaired) electrons. The number of aliphatic hydroxyl groups excluding tert-OH is 1. The number of unbranched alkanes of at least 4 members (excludes halogenated alkanes) is 41. The maximum absolute atomic E-state index is 13.0. The molecule has 91 heavy (non-hydrogen) atoms. The number of aliphatic hydroxyl groups is 1. The Balaban J connectivity index is 5.14. The maximum Gasteiger partial charge on any atom is 0.472 e. The summed E-state index contributed by atoms with van der Waals surface area (Å²) in [5.41, 5.74) is 0. The van der Waals surface area contributed by atoms with Gasteiger partial charge in [0.15, 0.2) is 12.2 Å². The van der Waals surface area contributed by atoms with Crippen molar-refractivity contribution in [2.45, 2.75) is 387 Å². The van der Waals surface area contributed by atoms with Crippen LogP contribution in [-0.2, 0) is 65.4 Å². The van der Waals surface area contributed by atoms with Crippen molar-refractivity contribution in [2.24, 2.45) is 11.8 Å². The van der Waals surface area contributed by atoms with Gasteiger partial charge in [0.1, 0.15) is 19.3 Å². The summed E-state index contributed by atoms with van der Waals surface area (Å²) in [6.07, 6.45) is 50.5. The number of carbonyl (C=O) groups excluding carboxylic acids is 4. The Labute approximate surface area is 556 Å². The van der Waals surface area contributed by atoms with E-state index in [0.29, 0.717) is 25.7 Å². The normalized spacial score (nSPS) is 14.1. The van der Waals surface area contributed by atoms with Crippen molar-refractivity contribution < 1.29 is 80.2 Å². The second-order valence-electron chi connectivity index (χ2n) is 26.9. The van der Waals surface area contributed by atoms with Gasteiger partial charge in [0.05, 0.1) is 26.4 Å². The van der Waals surface area contributed by atoms with Crippen molar-refractivity contribution in [2.75, 3.05) is 39.6 Å². The number of phosphoric acid groups is 2. The first kappa shape index (κ1) is 89.1. The minimum atomic E-state index is -4.95. The Morgan fingerprint density at radius 1 is 0.297 bits per heavy atom. The van der Waals surface area contributed by atoms with E-state index in [4.69, 9.17) is 37.0 Å². The Kier molecular flexibility index (Phi) is 62.7. The molecule has 0 amide bonds. The molecule has 0 fully saturated rings. The summed E-state index contributed by atoms with van der Waals surface area (Å²) in [4.78, 5) is 72.3. The SMILES string of the molecule is CCCCCCCCCCCCCCCCCCCCCC(=O)O[C@H](COC(=O)CCCCCCCCCCCCCCCC(C)C)COP(=O)(O)OC[C@@H](O)COP(=O)(O)OC[C@@H](COC(=O)CCCCCCC)OC(=O)CCCCCCCCCCC(C)C. The summed E-state index contributed by atoms with van der Waals surface area (Å²) in [5, 5.41) is 10.6. The van der Waals surface area contributed by atoms with Crippen molar-refractivity contribution in [1.29, 1.82) is 0 Å². The standard InChI is InChI=1S/C72H140O17P2/c1-7-9-11-13-14-15-16-17-18-19-20-21-22-25-29-32-38-44-50-56-71(76)89-68(61-83-70(75)55-49-43-37-31-28-26-23-24-27-30-35-41-46-52-64(3)4)63-87-91(80,81)85-59-66(73)58-84-90(78,79)86-62-67(60-82-69(74)54-48-40-12-10-8-2)88-72(77)57-51-45-39-34-33-36-42-47-53-65(5)6/h64-68,73H,7-63H2,1-6H3,(H,78,79)(H,80,81)/t66-,67+,68+/m0/s1. The number of hydrogen-bond acceptors (Lipinski definition) is 15. The zero-order valence-electron chi connectivity index (χ0n) is 59.1. The molecule has 5 atom stereocenters. The van der Waals surface area contributed by atoms with E-state index in [-0.39, 0.29) is 25.7 Å². The van der Waals surface area contributed by atoms with Crippen LogP contribution in [0.15, 0.2) is 0 Å². The average Bonchev–Trinajstić information content (AvgIpc) is 3.24. The first-order valence-corrected chi connectivity index (χ1v) is 40.5. The molecule has 540 valence electrons. The minimum Gasteiger partial charge on any atom is -0.462 e. The highest BCUT2D eigenvalue weighted by molar-refractivity contribution is 7.47. The third-order valence-corrected chi connectivity index (χ3v) is 18.6. The van der Waals surface area contributed by atoms with E-state index in [0.717, 1.165) is 108 Å². The monoisotopic (exact) mass is 1340 g/mol. The fourth-order valence-corrected chi connectivity index (χ4v) is 12.5. The van der Waals surface area contributed by atoms with Gasteiger partial charge < -0.3 is 33.8 Å². The van der Waals surface area contributed by atoms with E-state index in [9.17, 15) is 43.2 Å². The smallest absolute Gasteiger partial charge is 0.462 e. The third-order valence-electron chi connectivity index (χ3n) is 16.7. The summed E-state index contributed by atoms with van der Waals surface area (Å²) in [6.45, 7) is 9.45. The molecule has 0 rings (SSSR count). The summed E-state index contributed by atoms with van der Waals surface area (Å²) >= 11 is 0. The molecule has 19 heteroatoms. The van der Waals surface area contributed by atoms with Crippen LogP contribution in [0.2, 0.25) is 0 Å². The van der Waals surface area contributed by atoms with Crippen LogP contribution in [0.4, 0.5) is 0 Å². The van der Waals surface area contributed by atoms with Gasteiger partial charge in [0.2, 0.25) is 0 Å². The fourth-order valence-electron chi connectivity index (χ4n) is 10.9. The number of esters is 4.